The Balaban J connectivity index is 1.88. The predicted octanol–water partition coefficient (Wildman–Crippen LogP) is 1.69. The number of halogens is 1. The Morgan fingerprint density at radius 3 is 3.11 bits per heavy atom. The Kier molecular flexibility index (Phi) is 4.44. The van der Waals surface area contributed by atoms with Crippen molar-refractivity contribution in [3.63, 3.8) is 0 Å². The van der Waals surface area contributed by atoms with Gasteiger partial charge in [0, 0.05) is 44.2 Å². The summed E-state index contributed by atoms with van der Waals surface area (Å²) in [5, 5.41) is 3.32. The van der Waals surface area contributed by atoms with Crippen molar-refractivity contribution in [2.24, 2.45) is 0 Å². The molecule has 1 N–H and O–H groups in total. The summed E-state index contributed by atoms with van der Waals surface area (Å²) in [7, 11) is 0. The molecule has 0 aromatic heterocycles. The van der Waals surface area contributed by atoms with Gasteiger partial charge < -0.3 is 5.32 Å². The third kappa shape index (κ3) is 3.37. The minimum absolute atomic E-state index is 0.0141. The minimum Gasteiger partial charge on any atom is -0.314 e. The van der Waals surface area contributed by atoms with Gasteiger partial charge in [0.15, 0.2) is 5.78 Å². The van der Waals surface area contributed by atoms with E-state index < -0.39 is 0 Å². The smallest absolute Gasteiger partial charge is 0.164 e. The van der Waals surface area contributed by atoms with Crippen LogP contribution in [0.3, 0.4) is 0 Å². The topological polar surface area (TPSA) is 32.3 Å². The number of piperazine rings is 1. The van der Waals surface area contributed by atoms with Crippen LogP contribution in [0.5, 0.6) is 0 Å². The molecule has 0 spiro atoms. The van der Waals surface area contributed by atoms with Gasteiger partial charge >= 0.3 is 0 Å². The molecule has 1 saturated heterocycles. The lowest BCUT2D eigenvalue weighted by molar-refractivity contribution is 0.0942. The highest BCUT2D eigenvalue weighted by molar-refractivity contribution is 5.96. The van der Waals surface area contributed by atoms with Crippen molar-refractivity contribution in [1.29, 1.82) is 0 Å². The van der Waals surface area contributed by atoms with Crippen molar-refractivity contribution in [3.8, 4) is 0 Å². The van der Waals surface area contributed by atoms with E-state index in [1.165, 1.54) is 12.1 Å². The standard InChI is InChI=1S/C14H19FN2O/c1-11-10-16-6-8-17(11)7-5-14(18)12-3-2-4-13(15)9-12/h2-4,9,11,16H,5-8,10H2,1H3. The van der Waals surface area contributed by atoms with Crippen LogP contribution in [-0.4, -0.2) is 42.9 Å². The number of ketones is 1. The molecule has 4 heteroatoms. The van der Waals surface area contributed by atoms with Crippen molar-refractivity contribution in [2.45, 2.75) is 19.4 Å². The minimum atomic E-state index is -0.351. The molecule has 1 heterocycles. The van der Waals surface area contributed by atoms with E-state index >= 15 is 0 Å². The number of carbonyl (C=O) groups excluding carboxylic acids is 1. The molecule has 1 aromatic carbocycles. The van der Waals surface area contributed by atoms with Crippen molar-refractivity contribution in [2.75, 3.05) is 26.2 Å². The first kappa shape index (κ1) is 13.2. The van der Waals surface area contributed by atoms with E-state index in [1.54, 1.807) is 12.1 Å². The fourth-order valence-electron chi connectivity index (χ4n) is 2.27. The number of hydrogen-bond acceptors (Lipinski definition) is 3. The highest BCUT2D eigenvalue weighted by Gasteiger charge is 2.18. The molecule has 3 nitrogen and oxygen atoms in total. The van der Waals surface area contributed by atoms with Crippen LogP contribution in [0.25, 0.3) is 0 Å². The molecule has 0 radical (unpaired) electrons. The first-order valence-corrected chi connectivity index (χ1v) is 6.40. The highest BCUT2D eigenvalue weighted by atomic mass is 19.1. The van der Waals surface area contributed by atoms with Gasteiger partial charge in [0.2, 0.25) is 0 Å². The predicted molar refractivity (Wildman–Crippen MR) is 69.3 cm³/mol. The van der Waals surface area contributed by atoms with Crippen LogP contribution in [-0.2, 0) is 0 Å². The SMILES string of the molecule is CC1CNCCN1CCC(=O)c1cccc(F)c1. The highest BCUT2D eigenvalue weighted by Crippen LogP contribution is 2.09. The summed E-state index contributed by atoms with van der Waals surface area (Å²) in [6.07, 6.45) is 0.452. The number of nitrogens with one attached hydrogen (secondary N) is 1. The van der Waals surface area contributed by atoms with Crippen LogP contribution in [0.1, 0.15) is 23.7 Å². The lowest BCUT2D eigenvalue weighted by Gasteiger charge is -2.33. The normalized spacial score (nSPS) is 20.9. The molecule has 1 aliphatic rings. The summed E-state index contributed by atoms with van der Waals surface area (Å²) in [5.41, 5.74) is 0.470. The third-order valence-corrected chi connectivity index (χ3v) is 3.41. The number of carbonyl (C=O) groups is 1. The summed E-state index contributed by atoms with van der Waals surface area (Å²) in [5.74, 6) is -0.336. The van der Waals surface area contributed by atoms with E-state index in [1.807, 2.05) is 0 Å². The van der Waals surface area contributed by atoms with Crippen molar-refractivity contribution < 1.29 is 9.18 Å². The molecule has 0 saturated carbocycles. The van der Waals surface area contributed by atoms with E-state index in [2.05, 4.69) is 17.1 Å². The lowest BCUT2D eigenvalue weighted by atomic mass is 10.1. The van der Waals surface area contributed by atoms with E-state index in [9.17, 15) is 9.18 Å². The fraction of sp³-hybridized carbons (Fsp3) is 0.500. The summed E-state index contributed by atoms with van der Waals surface area (Å²) in [6, 6.07) is 6.38. The van der Waals surface area contributed by atoms with Gasteiger partial charge in [0.1, 0.15) is 5.82 Å². The van der Waals surface area contributed by atoms with Crippen LogP contribution in [0, 0.1) is 5.82 Å². The van der Waals surface area contributed by atoms with Gasteiger partial charge in [-0.2, -0.15) is 0 Å². The maximum absolute atomic E-state index is 13.0. The van der Waals surface area contributed by atoms with Crippen molar-refractivity contribution >= 4 is 5.78 Å². The average molecular weight is 250 g/mol. The second-order valence-corrected chi connectivity index (χ2v) is 4.77. The van der Waals surface area contributed by atoms with Crippen LogP contribution in [0.15, 0.2) is 24.3 Å². The summed E-state index contributed by atoms with van der Waals surface area (Å²) < 4.78 is 13.0. The van der Waals surface area contributed by atoms with Gasteiger partial charge in [0.25, 0.3) is 0 Å². The zero-order valence-electron chi connectivity index (χ0n) is 10.7. The number of nitrogens with zero attached hydrogens (tertiary/aromatic N) is 1. The molecule has 2 rings (SSSR count). The first-order valence-electron chi connectivity index (χ1n) is 6.40. The largest absolute Gasteiger partial charge is 0.314 e. The molecule has 1 atom stereocenters. The Morgan fingerprint density at radius 1 is 1.56 bits per heavy atom. The van der Waals surface area contributed by atoms with E-state index in [0.29, 0.717) is 18.0 Å². The molecule has 98 valence electrons. The van der Waals surface area contributed by atoms with E-state index in [-0.39, 0.29) is 11.6 Å². The first-order chi connectivity index (χ1) is 8.66. The molecule has 0 bridgehead atoms. The summed E-state index contributed by atoms with van der Waals surface area (Å²) in [6.45, 7) is 5.81. The van der Waals surface area contributed by atoms with Crippen LogP contribution in [0.4, 0.5) is 4.39 Å². The number of rotatable bonds is 4. The van der Waals surface area contributed by atoms with E-state index in [4.69, 9.17) is 0 Å². The van der Waals surface area contributed by atoms with Gasteiger partial charge in [-0.3, -0.25) is 9.69 Å². The third-order valence-electron chi connectivity index (χ3n) is 3.41. The van der Waals surface area contributed by atoms with Gasteiger partial charge in [-0.25, -0.2) is 4.39 Å². The van der Waals surface area contributed by atoms with E-state index in [0.717, 1.165) is 26.2 Å². The monoisotopic (exact) mass is 250 g/mol. The molecule has 18 heavy (non-hydrogen) atoms. The Labute approximate surface area is 107 Å². The van der Waals surface area contributed by atoms with Crippen LogP contribution >= 0.6 is 0 Å². The quantitative estimate of drug-likeness (QED) is 0.825. The van der Waals surface area contributed by atoms with Gasteiger partial charge in [-0.15, -0.1) is 0 Å². The zero-order chi connectivity index (χ0) is 13.0. The molecular weight excluding hydrogens is 231 g/mol. The van der Waals surface area contributed by atoms with Crippen molar-refractivity contribution in [3.05, 3.63) is 35.6 Å². The molecule has 1 aliphatic heterocycles. The fourth-order valence-corrected chi connectivity index (χ4v) is 2.27. The van der Waals surface area contributed by atoms with Crippen molar-refractivity contribution in [1.82, 2.24) is 10.2 Å². The maximum Gasteiger partial charge on any atom is 0.164 e. The Bertz CT molecular complexity index is 422. The van der Waals surface area contributed by atoms with Gasteiger partial charge in [-0.05, 0) is 19.1 Å². The number of benzene rings is 1. The molecule has 1 fully saturated rings. The molecule has 0 amide bonds. The lowest BCUT2D eigenvalue weighted by Crippen LogP contribution is -2.50. The molecule has 0 aliphatic carbocycles. The summed E-state index contributed by atoms with van der Waals surface area (Å²) in [4.78, 5) is 14.2. The second kappa shape index (κ2) is 6.07. The average Bonchev–Trinajstić information content (AvgIpc) is 2.37. The number of hydrogen-bond donors (Lipinski definition) is 1. The van der Waals surface area contributed by atoms with Crippen LogP contribution in [0.2, 0.25) is 0 Å². The zero-order valence-corrected chi connectivity index (χ0v) is 10.7. The molecular formula is C14H19FN2O. The number of Topliss-reactive ketones (excluding diaryl/α,β-unsaturated/α-hetero) is 1. The molecule has 1 unspecified atom stereocenters. The van der Waals surface area contributed by atoms with Gasteiger partial charge in [-0.1, -0.05) is 12.1 Å². The second-order valence-electron chi connectivity index (χ2n) is 4.77. The van der Waals surface area contributed by atoms with Gasteiger partial charge in [0.05, 0.1) is 0 Å². The van der Waals surface area contributed by atoms with Crippen LogP contribution < -0.4 is 5.32 Å². The Morgan fingerprint density at radius 2 is 2.39 bits per heavy atom. The summed E-state index contributed by atoms with van der Waals surface area (Å²) >= 11 is 0. The maximum atomic E-state index is 13.0. The Hall–Kier alpha value is -1.26. The molecule has 1 aromatic rings.